The predicted octanol–water partition coefficient (Wildman–Crippen LogP) is 5.81. The first-order valence-electron chi connectivity index (χ1n) is 9.81. The van der Waals surface area contributed by atoms with Crippen LogP contribution in [0.25, 0.3) is 0 Å². The van der Waals surface area contributed by atoms with Crippen molar-refractivity contribution in [2.45, 2.75) is 77.2 Å². The monoisotopic (exact) mass is 317 g/mol. The zero-order chi connectivity index (χ0) is 16.2. The molecule has 1 fully saturated rings. The van der Waals surface area contributed by atoms with Gasteiger partial charge in [-0.25, -0.2) is 0 Å². The maximum atomic E-state index is 5.42. The summed E-state index contributed by atoms with van der Waals surface area (Å²) < 4.78 is 5.42. The molecule has 2 rings (SSSR count). The number of hydrogen-bond acceptors (Lipinski definition) is 2. The van der Waals surface area contributed by atoms with E-state index in [4.69, 9.17) is 4.74 Å². The van der Waals surface area contributed by atoms with Gasteiger partial charge in [0.25, 0.3) is 0 Å². The smallest absolute Gasteiger partial charge is 0.0984 e. The highest BCUT2D eigenvalue weighted by Crippen LogP contribution is 2.19. The first-order valence-corrected chi connectivity index (χ1v) is 9.81. The Labute approximate surface area is 143 Å². The topological polar surface area (TPSA) is 15.8 Å². The standard InChI is InChI=1S/C21H35NO/c1-2-3-4-5-6-7-8-9-10-14-17-22(18-21-19-23-21)20-15-12-11-13-16-20/h11-13,15-16,21H,2-10,14,17-19H2,1H3. The lowest BCUT2D eigenvalue weighted by atomic mass is 10.1. The first kappa shape index (κ1) is 18.3. The molecule has 1 heterocycles. The number of epoxide rings is 1. The second-order valence-corrected chi connectivity index (χ2v) is 6.92. The number of benzene rings is 1. The van der Waals surface area contributed by atoms with Gasteiger partial charge in [-0.1, -0.05) is 82.9 Å². The average Bonchev–Trinajstić information content (AvgIpc) is 3.40. The zero-order valence-corrected chi connectivity index (χ0v) is 15.0. The van der Waals surface area contributed by atoms with Gasteiger partial charge >= 0.3 is 0 Å². The van der Waals surface area contributed by atoms with Crippen molar-refractivity contribution in [2.75, 3.05) is 24.6 Å². The fourth-order valence-electron chi connectivity index (χ4n) is 3.17. The summed E-state index contributed by atoms with van der Waals surface area (Å²) >= 11 is 0. The molecule has 130 valence electrons. The summed E-state index contributed by atoms with van der Waals surface area (Å²) in [5, 5.41) is 0. The van der Waals surface area contributed by atoms with Crippen molar-refractivity contribution in [3.63, 3.8) is 0 Å². The van der Waals surface area contributed by atoms with Crippen LogP contribution in [0.3, 0.4) is 0 Å². The van der Waals surface area contributed by atoms with Crippen molar-refractivity contribution in [3.8, 4) is 0 Å². The molecule has 0 spiro atoms. The summed E-state index contributed by atoms with van der Waals surface area (Å²) in [6.07, 6.45) is 14.5. The highest BCUT2D eigenvalue weighted by atomic mass is 16.6. The maximum absolute atomic E-state index is 5.42. The quantitative estimate of drug-likeness (QED) is 0.318. The van der Waals surface area contributed by atoms with Crippen LogP contribution in [0.4, 0.5) is 5.69 Å². The molecule has 0 radical (unpaired) electrons. The van der Waals surface area contributed by atoms with Gasteiger partial charge in [0.2, 0.25) is 0 Å². The molecule has 1 aliphatic rings. The Kier molecular flexibility index (Phi) is 9.16. The minimum atomic E-state index is 0.471. The van der Waals surface area contributed by atoms with E-state index in [0.29, 0.717) is 6.10 Å². The molecule has 2 nitrogen and oxygen atoms in total. The fraction of sp³-hybridized carbons (Fsp3) is 0.714. The van der Waals surface area contributed by atoms with Gasteiger partial charge in [0, 0.05) is 18.8 Å². The summed E-state index contributed by atoms with van der Waals surface area (Å²) in [6, 6.07) is 10.8. The molecular weight excluding hydrogens is 282 g/mol. The van der Waals surface area contributed by atoms with Gasteiger partial charge in [-0.2, -0.15) is 0 Å². The van der Waals surface area contributed by atoms with E-state index < -0.39 is 0 Å². The van der Waals surface area contributed by atoms with E-state index in [9.17, 15) is 0 Å². The Morgan fingerprint density at radius 2 is 1.43 bits per heavy atom. The van der Waals surface area contributed by atoms with E-state index in [-0.39, 0.29) is 0 Å². The Balaban J connectivity index is 1.52. The zero-order valence-electron chi connectivity index (χ0n) is 15.0. The molecule has 1 atom stereocenters. The van der Waals surface area contributed by atoms with Crippen LogP contribution in [0.5, 0.6) is 0 Å². The maximum Gasteiger partial charge on any atom is 0.0984 e. The van der Waals surface area contributed by atoms with Gasteiger partial charge < -0.3 is 9.64 Å². The minimum Gasteiger partial charge on any atom is -0.371 e. The van der Waals surface area contributed by atoms with Crippen molar-refractivity contribution in [2.24, 2.45) is 0 Å². The summed E-state index contributed by atoms with van der Waals surface area (Å²) in [5.41, 5.74) is 1.35. The Hall–Kier alpha value is -1.02. The van der Waals surface area contributed by atoms with E-state index in [2.05, 4.69) is 42.2 Å². The molecule has 1 aromatic rings. The molecule has 1 aromatic carbocycles. The van der Waals surface area contributed by atoms with Gasteiger partial charge in [-0.05, 0) is 18.6 Å². The lowest BCUT2D eigenvalue weighted by Crippen LogP contribution is -2.28. The van der Waals surface area contributed by atoms with E-state index in [0.717, 1.165) is 13.2 Å². The SMILES string of the molecule is CCCCCCCCCCCCN(CC1CO1)c1ccccc1. The summed E-state index contributed by atoms with van der Waals surface area (Å²) in [4.78, 5) is 2.50. The molecule has 0 aliphatic carbocycles. The second-order valence-electron chi connectivity index (χ2n) is 6.92. The molecule has 23 heavy (non-hydrogen) atoms. The number of anilines is 1. The third-order valence-corrected chi connectivity index (χ3v) is 4.73. The molecular formula is C21H35NO. The molecule has 0 bridgehead atoms. The van der Waals surface area contributed by atoms with Crippen molar-refractivity contribution < 1.29 is 4.74 Å². The number of unbranched alkanes of at least 4 members (excludes halogenated alkanes) is 9. The van der Waals surface area contributed by atoms with Gasteiger partial charge in [0.05, 0.1) is 12.7 Å². The summed E-state index contributed by atoms with van der Waals surface area (Å²) in [6.45, 7) is 5.46. The van der Waals surface area contributed by atoms with Gasteiger partial charge in [-0.15, -0.1) is 0 Å². The second kappa shape index (κ2) is 11.5. The van der Waals surface area contributed by atoms with Gasteiger partial charge in [0.15, 0.2) is 0 Å². The van der Waals surface area contributed by atoms with Crippen LogP contribution in [0, 0.1) is 0 Å². The molecule has 0 N–H and O–H groups in total. The number of ether oxygens (including phenoxy) is 1. The Morgan fingerprint density at radius 3 is 2.00 bits per heavy atom. The van der Waals surface area contributed by atoms with E-state index in [1.807, 2.05) is 0 Å². The Morgan fingerprint density at radius 1 is 0.870 bits per heavy atom. The molecule has 1 aliphatic heterocycles. The molecule has 2 heteroatoms. The molecule has 0 aromatic heterocycles. The highest BCUT2D eigenvalue weighted by Gasteiger charge is 2.25. The van der Waals surface area contributed by atoms with Crippen molar-refractivity contribution in [1.29, 1.82) is 0 Å². The van der Waals surface area contributed by atoms with E-state index in [1.54, 1.807) is 0 Å². The van der Waals surface area contributed by atoms with Gasteiger partial charge in [0.1, 0.15) is 0 Å². The van der Waals surface area contributed by atoms with Gasteiger partial charge in [-0.3, -0.25) is 0 Å². The summed E-state index contributed by atoms with van der Waals surface area (Å²) in [7, 11) is 0. The van der Waals surface area contributed by atoms with Crippen LogP contribution in [0.15, 0.2) is 30.3 Å². The van der Waals surface area contributed by atoms with Crippen molar-refractivity contribution in [1.82, 2.24) is 0 Å². The number of hydrogen-bond donors (Lipinski definition) is 0. The van der Waals surface area contributed by atoms with Crippen LogP contribution >= 0.6 is 0 Å². The number of rotatable bonds is 14. The number of nitrogens with zero attached hydrogens (tertiary/aromatic N) is 1. The van der Waals surface area contributed by atoms with Crippen LogP contribution < -0.4 is 4.90 Å². The number of para-hydroxylation sites is 1. The van der Waals surface area contributed by atoms with Crippen LogP contribution in [0.2, 0.25) is 0 Å². The fourth-order valence-corrected chi connectivity index (χ4v) is 3.17. The van der Waals surface area contributed by atoms with Crippen molar-refractivity contribution >= 4 is 5.69 Å². The molecule has 0 saturated carbocycles. The third kappa shape index (κ3) is 8.41. The van der Waals surface area contributed by atoms with E-state index >= 15 is 0 Å². The predicted molar refractivity (Wildman–Crippen MR) is 100 cm³/mol. The molecule has 0 amide bonds. The third-order valence-electron chi connectivity index (χ3n) is 4.73. The van der Waals surface area contributed by atoms with Crippen LogP contribution in [0.1, 0.15) is 71.1 Å². The highest BCUT2D eigenvalue weighted by molar-refractivity contribution is 5.46. The first-order chi connectivity index (χ1) is 11.4. The molecule has 1 saturated heterocycles. The van der Waals surface area contributed by atoms with Crippen LogP contribution in [-0.2, 0) is 4.74 Å². The lowest BCUT2D eigenvalue weighted by Gasteiger charge is -2.24. The minimum absolute atomic E-state index is 0.471. The largest absolute Gasteiger partial charge is 0.371 e. The van der Waals surface area contributed by atoms with Crippen LogP contribution in [-0.4, -0.2) is 25.8 Å². The normalized spacial score (nSPS) is 16.5. The average molecular weight is 318 g/mol. The van der Waals surface area contributed by atoms with E-state index in [1.165, 1.54) is 76.4 Å². The van der Waals surface area contributed by atoms with Crippen molar-refractivity contribution in [3.05, 3.63) is 30.3 Å². The Bertz CT molecular complexity index is 388. The molecule has 1 unspecified atom stereocenters. The lowest BCUT2D eigenvalue weighted by molar-refractivity contribution is 0.406. The summed E-state index contributed by atoms with van der Waals surface area (Å²) in [5.74, 6) is 0.